The fourth-order valence-electron chi connectivity index (χ4n) is 6.75. The minimum absolute atomic E-state index is 0.119. The van der Waals surface area contributed by atoms with Crippen LogP contribution in [-0.4, -0.2) is 25.5 Å². The van der Waals surface area contributed by atoms with E-state index in [4.69, 9.17) is 4.74 Å². The number of allylic oxidation sites excluding steroid dienone is 2. The molecule has 6 rings (SSSR count). The molecule has 4 aromatic rings. The van der Waals surface area contributed by atoms with Gasteiger partial charge in [0.1, 0.15) is 5.75 Å². The van der Waals surface area contributed by atoms with E-state index in [0.717, 1.165) is 39.3 Å². The van der Waals surface area contributed by atoms with Gasteiger partial charge in [-0.15, -0.1) is 0 Å². The predicted molar refractivity (Wildman–Crippen MR) is 160 cm³/mol. The van der Waals surface area contributed by atoms with Gasteiger partial charge in [-0.05, 0) is 58.2 Å². The van der Waals surface area contributed by atoms with Gasteiger partial charge in [0.25, 0.3) is 0 Å². The Bertz CT molecular complexity index is 1580. The first-order valence-electron chi connectivity index (χ1n) is 13.5. The molecule has 194 valence electrons. The minimum Gasteiger partial charge on any atom is -0.497 e. The average molecular weight is 512 g/mol. The van der Waals surface area contributed by atoms with Gasteiger partial charge in [-0.3, -0.25) is 4.79 Å². The summed E-state index contributed by atoms with van der Waals surface area (Å²) in [5, 5.41) is 0. The number of benzene rings is 4. The lowest BCUT2D eigenvalue weighted by Crippen LogP contribution is -2.61. The van der Waals surface area contributed by atoms with Crippen molar-refractivity contribution in [3.63, 3.8) is 0 Å². The van der Waals surface area contributed by atoms with Crippen molar-refractivity contribution in [1.82, 2.24) is 0 Å². The van der Waals surface area contributed by atoms with Crippen molar-refractivity contribution in [1.29, 1.82) is 0 Å². The monoisotopic (exact) mass is 511 g/mol. The molecule has 2 aliphatic rings. The molecule has 3 nitrogen and oxygen atoms in total. The van der Waals surface area contributed by atoms with Crippen molar-refractivity contribution in [3.8, 4) is 5.75 Å². The fourth-order valence-corrected chi connectivity index (χ4v) is 6.75. The molecule has 0 saturated carbocycles. The first-order chi connectivity index (χ1) is 18.9. The Morgan fingerprint density at radius 2 is 1.38 bits per heavy atom. The molecule has 1 aliphatic heterocycles. The number of nitrogens with zero attached hydrogens (tertiary/aromatic N) is 1. The van der Waals surface area contributed by atoms with Crippen LogP contribution >= 0.6 is 0 Å². The van der Waals surface area contributed by atoms with Crippen molar-refractivity contribution in [3.05, 3.63) is 144 Å². The van der Waals surface area contributed by atoms with Crippen LogP contribution < -0.4 is 9.64 Å². The number of hydrogen-bond acceptors (Lipinski definition) is 3. The third-order valence-electron chi connectivity index (χ3n) is 8.78. The average Bonchev–Trinajstić information content (AvgIpc) is 3.15. The number of ketones is 1. The highest BCUT2D eigenvalue weighted by molar-refractivity contribution is 6.10. The summed E-state index contributed by atoms with van der Waals surface area (Å²) < 4.78 is 5.47. The van der Waals surface area contributed by atoms with E-state index in [2.05, 4.69) is 98.6 Å². The molecule has 0 saturated heterocycles. The second kappa shape index (κ2) is 9.43. The highest BCUT2D eigenvalue weighted by Gasteiger charge is 2.62. The maximum absolute atomic E-state index is 14.8. The van der Waals surface area contributed by atoms with Crippen LogP contribution in [0.5, 0.6) is 5.75 Å². The summed E-state index contributed by atoms with van der Waals surface area (Å²) in [6, 6.07) is 36.9. The van der Waals surface area contributed by atoms with Gasteiger partial charge in [-0.2, -0.15) is 0 Å². The van der Waals surface area contributed by atoms with Crippen LogP contribution in [0.3, 0.4) is 0 Å². The second-order valence-corrected chi connectivity index (χ2v) is 11.0. The fraction of sp³-hybridized carbons (Fsp3) is 0.194. The van der Waals surface area contributed by atoms with E-state index >= 15 is 0 Å². The van der Waals surface area contributed by atoms with E-state index < -0.39 is 11.5 Å². The number of para-hydroxylation sites is 1. The normalized spacial score (nSPS) is 21.2. The van der Waals surface area contributed by atoms with Gasteiger partial charge in [-0.1, -0.05) is 105 Å². The maximum atomic E-state index is 14.8. The van der Waals surface area contributed by atoms with Gasteiger partial charge in [-0.25, -0.2) is 0 Å². The Morgan fingerprint density at radius 1 is 0.769 bits per heavy atom. The Hall–Kier alpha value is -4.37. The molecular weight excluding hydrogens is 478 g/mol. The third-order valence-corrected chi connectivity index (χ3v) is 8.78. The highest BCUT2D eigenvalue weighted by Crippen LogP contribution is 2.60. The molecule has 1 heterocycles. The van der Waals surface area contributed by atoms with Crippen molar-refractivity contribution >= 4 is 22.6 Å². The molecule has 0 radical (unpaired) electrons. The molecule has 0 bridgehead atoms. The van der Waals surface area contributed by atoms with Crippen LogP contribution in [0.25, 0.3) is 11.1 Å². The lowest BCUT2D eigenvalue weighted by molar-refractivity contribution is 0.0885. The van der Waals surface area contributed by atoms with E-state index in [9.17, 15) is 4.79 Å². The van der Waals surface area contributed by atoms with Gasteiger partial charge in [0, 0.05) is 23.7 Å². The summed E-state index contributed by atoms with van der Waals surface area (Å²) >= 11 is 0. The Labute approximate surface area is 231 Å². The van der Waals surface area contributed by atoms with Crippen molar-refractivity contribution in [2.75, 3.05) is 19.1 Å². The number of carbonyl (C=O) groups excluding carboxylic acids is 1. The van der Waals surface area contributed by atoms with Crippen molar-refractivity contribution in [2.24, 2.45) is 5.92 Å². The summed E-state index contributed by atoms with van der Waals surface area (Å²) in [5.41, 5.74) is 6.38. The Morgan fingerprint density at radius 3 is 2.03 bits per heavy atom. The van der Waals surface area contributed by atoms with Crippen molar-refractivity contribution < 1.29 is 9.53 Å². The number of ether oxygens (including phenoxy) is 1. The molecule has 4 aromatic carbocycles. The quantitative estimate of drug-likeness (QED) is 0.256. The zero-order chi connectivity index (χ0) is 27.2. The van der Waals surface area contributed by atoms with Crippen LogP contribution in [-0.2, 0) is 5.41 Å². The zero-order valence-corrected chi connectivity index (χ0v) is 22.9. The van der Waals surface area contributed by atoms with Gasteiger partial charge in [0.15, 0.2) is 5.78 Å². The van der Waals surface area contributed by atoms with E-state index in [-0.39, 0.29) is 11.2 Å². The van der Waals surface area contributed by atoms with Crippen LogP contribution in [0.15, 0.2) is 121 Å². The highest BCUT2D eigenvalue weighted by atomic mass is 16.5. The third kappa shape index (κ3) is 3.76. The first-order valence-corrected chi connectivity index (χ1v) is 13.5. The smallest absolute Gasteiger partial charge is 0.173 e. The van der Waals surface area contributed by atoms with E-state index in [1.807, 2.05) is 48.5 Å². The summed E-state index contributed by atoms with van der Waals surface area (Å²) in [4.78, 5) is 17.1. The summed E-state index contributed by atoms with van der Waals surface area (Å²) in [6.07, 6.45) is 4.58. The Balaban J connectivity index is 1.67. The maximum Gasteiger partial charge on any atom is 0.173 e. The predicted octanol–water partition coefficient (Wildman–Crippen LogP) is 7.84. The van der Waals surface area contributed by atoms with Gasteiger partial charge < -0.3 is 9.64 Å². The molecule has 1 aliphatic carbocycles. The molecule has 0 N–H and O–H groups in total. The van der Waals surface area contributed by atoms with E-state index in [1.165, 1.54) is 5.56 Å². The number of carbonyl (C=O) groups is 1. The SMILES string of the molecule is COc1ccc(C2=CC(c3ccccc3)=C[C@@]3([C@H]2C(=O)c2ccccc2)N(C)c2ccccc2C3(C)C)cc1. The Kier molecular flexibility index (Phi) is 6.03. The van der Waals surface area contributed by atoms with Crippen LogP contribution in [0.1, 0.15) is 40.9 Å². The number of Topliss-reactive ketones (excluding diaryl/α,β-unsaturated/α-hetero) is 1. The van der Waals surface area contributed by atoms with E-state index in [1.54, 1.807) is 7.11 Å². The largest absolute Gasteiger partial charge is 0.497 e. The molecule has 0 aromatic heterocycles. The molecule has 1 spiro atoms. The van der Waals surface area contributed by atoms with Crippen LogP contribution in [0.4, 0.5) is 5.69 Å². The number of likely N-dealkylation sites (N-methyl/N-ethyl adjacent to an activating group) is 1. The zero-order valence-electron chi connectivity index (χ0n) is 22.9. The molecule has 0 amide bonds. The lowest BCUT2D eigenvalue weighted by Gasteiger charge is -2.52. The van der Waals surface area contributed by atoms with Crippen LogP contribution in [0, 0.1) is 5.92 Å². The standard InChI is InChI=1S/C36H33NO2/c1-35(2)31-17-11-12-18-32(31)37(3)36(35)24-28(25-13-7-5-8-14-25)23-30(26-19-21-29(39-4)22-20-26)33(36)34(38)27-15-9-6-10-16-27/h5-24,33H,1-4H3/t33-,36+/m1/s1. The summed E-state index contributed by atoms with van der Waals surface area (Å²) in [5.74, 6) is 0.460. The number of fused-ring (bicyclic) bond motifs is 1. The summed E-state index contributed by atoms with van der Waals surface area (Å²) in [6.45, 7) is 4.58. The molecule has 0 unspecified atom stereocenters. The van der Waals surface area contributed by atoms with Gasteiger partial charge in [0.05, 0.1) is 18.6 Å². The molecule has 3 heteroatoms. The van der Waals surface area contributed by atoms with Crippen LogP contribution in [0.2, 0.25) is 0 Å². The number of anilines is 1. The number of methoxy groups -OCH3 is 1. The molecule has 39 heavy (non-hydrogen) atoms. The molecule has 2 atom stereocenters. The van der Waals surface area contributed by atoms with E-state index in [0.29, 0.717) is 0 Å². The first kappa shape index (κ1) is 24.9. The second-order valence-electron chi connectivity index (χ2n) is 11.0. The number of hydrogen-bond donors (Lipinski definition) is 0. The lowest BCUT2D eigenvalue weighted by atomic mass is 9.57. The number of rotatable bonds is 5. The van der Waals surface area contributed by atoms with Gasteiger partial charge >= 0.3 is 0 Å². The molecule has 0 fully saturated rings. The van der Waals surface area contributed by atoms with Gasteiger partial charge in [0.2, 0.25) is 0 Å². The molecular formula is C36H33NO2. The summed E-state index contributed by atoms with van der Waals surface area (Å²) in [7, 11) is 3.82. The van der Waals surface area contributed by atoms with Crippen molar-refractivity contribution in [2.45, 2.75) is 24.8 Å². The topological polar surface area (TPSA) is 29.5 Å². The minimum atomic E-state index is -0.654.